The summed E-state index contributed by atoms with van der Waals surface area (Å²) >= 11 is 0. The number of hydrogen-bond acceptors (Lipinski definition) is 3. The van der Waals surface area contributed by atoms with Crippen LogP contribution in [-0.2, 0) is 9.09 Å². The van der Waals surface area contributed by atoms with Gasteiger partial charge in [0.1, 0.15) is 5.66 Å². The molecule has 0 spiro atoms. The van der Waals surface area contributed by atoms with Crippen LogP contribution >= 0.6 is 7.52 Å². The second-order valence-corrected chi connectivity index (χ2v) is 11.1. The van der Waals surface area contributed by atoms with Crippen molar-refractivity contribution in [2.24, 2.45) is 0 Å². The lowest BCUT2D eigenvalue weighted by Crippen LogP contribution is -2.53. The number of rotatable bonds is 3. The molecule has 4 nitrogen and oxygen atoms in total. The molecule has 0 amide bonds. The van der Waals surface area contributed by atoms with Crippen LogP contribution < -0.4 is 0 Å². The fourth-order valence-electron chi connectivity index (χ4n) is 3.83. The van der Waals surface area contributed by atoms with Crippen molar-refractivity contribution in [1.29, 1.82) is 0 Å². The fraction of sp³-hybridized carbons (Fsp3) is 0.789. The van der Waals surface area contributed by atoms with Crippen molar-refractivity contribution >= 4 is 7.52 Å². The van der Waals surface area contributed by atoms with E-state index >= 15 is 0 Å². The summed E-state index contributed by atoms with van der Waals surface area (Å²) in [5.74, 6) is 0. The smallest absolute Gasteiger partial charge is 0.283 e. The lowest BCUT2D eigenvalue weighted by atomic mass is 9.94. The van der Waals surface area contributed by atoms with E-state index in [0.717, 1.165) is 25.7 Å². The fourth-order valence-corrected chi connectivity index (χ4v) is 7.41. The molecule has 0 bridgehead atoms. The van der Waals surface area contributed by atoms with Crippen molar-refractivity contribution in [3.8, 4) is 0 Å². The summed E-state index contributed by atoms with van der Waals surface area (Å²) in [7, 11) is -3.32. The van der Waals surface area contributed by atoms with Crippen LogP contribution in [0.15, 0.2) is 24.8 Å². The summed E-state index contributed by atoms with van der Waals surface area (Å²) < 4.78 is 22.4. The number of hydrogen-bond donors (Lipinski definition) is 1. The predicted octanol–water partition coefficient (Wildman–Crippen LogP) is 4.89. The first-order chi connectivity index (χ1) is 10.9. The molecule has 0 radical (unpaired) electrons. The normalized spacial score (nSPS) is 36.1. The number of allylic oxidation sites excluding steroid dienone is 1. The highest BCUT2D eigenvalue weighted by Gasteiger charge is 2.56. The monoisotopic (exact) mass is 355 g/mol. The van der Waals surface area contributed by atoms with Gasteiger partial charge in [-0.05, 0) is 66.7 Å². The first-order valence-corrected chi connectivity index (χ1v) is 10.7. The second-order valence-electron chi connectivity index (χ2n) is 8.78. The van der Waals surface area contributed by atoms with E-state index in [4.69, 9.17) is 4.52 Å². The van der Waals surface area contributed by atoms with Gasteiger partial charge in [0.25, 0.3) is 7.52 Å². The average Bonchev–Trinajstić information content (AvgIpc) is 2.61. The van der Waals surface area contributed by atoms with Crippen LogP contribution in [0, 0.1) is 0 Å². The zero-order valence-corrected chi connectivity index (χ0v) is 16.8. The van der Waals surface area contributed by atoms with Crippen LogP contribution in [-0.4, -0.2) is 38.7 Å². The van der Waals surface area contributed by atoms with Crippen LogP contribution in [0.25, 0.3) is 0 Å². The Bertz CT molecular complexity index is 549. The first kappa shape index (κ1) is 19.9. The quantitative estimate of drug-likeness (QED) is 0.578. The summed E-state index contributed by atoms with van der Waals surface area (Å²) in [6.07, 6.45) is 9.79. The molecule has 1 N–H and O–H groups in total. The Balaban J connectivity index is 2.51. The molecular formula is C19H34NO3P. The molecule has 1 heterocycles. The molecule has 5 heteroatoms. The Hall–Kier alpha value is -0.410. The molecule has 0 saturated carbocycles. The first-order valence-electron chi connectivity index (χ1n) is 9.06. The van der Waals surface area contributed by atoms with Gasteiger partial charge in [-0.1, -0.05) is 18.2 Å². The Labute approximate surface area is 147 Å². The Kier molecular flexibility index (Phi) is 5.57. The third kappa shape index (κ3) is 3.88. The molecule has 0 aromatic carbocycles. The SMILES string of the molecule is C=CC(C1(O)C=CCCCC1)P1(=O)OC(C)(C)CCN1C(C)(C)C. The molecule has 138 valence electrons. The van der Waals surface area contributed by atoms with Crippen LogP contribution in [0.2, 0.25) is 0 Å². The van der Waals surface area contributed by atoms with Crippen molar-refractivity contribution in [3.05, 3.63) is 24.8 Å². The van der Waals surface area contributed by atoms with Gasteiger partial charge >= 0.3 is 0 Å². The molecule has 1 saturated heterocycles. The van der Waals surface area contributed by atoms with Crippen LogP contribution in [0.5, 0.6) is 0 Å². The maximum Gasteiger partial charge on any atom is 0.283 e. The Morgan fingerprint density at radius 2 is 2.00 bits per heavy atom. The van der Waals surface area contributed by atoms with Crippen molar-refractivity contribution in [1.82, 2.24) is 4.67 Å². The van der Waals surface area contributed by atoms with E-state index in [-0.39, 0.29) is 5.54 Å². The van der Waals surface area contributed by atoms with Gasteiger partial charge in [-0.2, -0.15) is 0 Å². The maximum absolute atomic E-state index is 14.2. The molecule has 3 atom stereocenters. The summed E-state index contributed by atoms with van der Waals surface area (Å²) in [4.78, 5) is 0. The number of aliphatic hydroxyl groups is 1. The summed E-state index contributed by atoms with van der Waals surface area (Å²) in [6.45, 7) is 14.7. The van der Waals surface area contributed by atoms with Gasteiger partial charge < -0.3 is 9.63 Å². The van der Waals surface area contributed by atoms with Crippen molar-refractivity contribution in [2.75, 3.05) is 6.54 Å². The highest BCUT2D eigenvalue weighted by molar-refractivity contribution is 7.57. The molecule has 1 aliphatic carbocycles. The van der Waals surface area contributed by atoms with Gasteiger partial charge in [-0.25, -0.2) is 4.67 Å². The van der Waals surface area contributed by atoms with E-state index in [0.29, 0.717) is 13.0 Å². The Morgan fingerprint density at radius 1 is 1.33 bits per heavy atom. The van der Waals surface area contributed by atoms with E-state index in [2.05, 4.69) is 27.4 Å². The van der Waals surface area contributed by atoms with E-state index < -0.39 is 24.4 Å². The van der Waals surface area contributed by atoms with Crippen molar-refractivity contribution in [3.63, 3.8) is 0 Å². The van der Waals surface area contributed by atoms with E-state index in [9.17, 15) is 9.67 Å². The van der Waals surface area contributed by atoms with Gasteiger partial charge in [0.05, 0.1) is 11.2 Å². The summed E-state index contributed by atoms with van der Waals surface area (Å²) in [5.41, 5.74) is -2.57. The molecule has 1 fully saturated rings. The third-order valence-corrected chi connectivity index (χ3v) is 8.70. The molecule has 2 aliphatic rings. The maximum atomic E-state index is 14.2. The zero-order valence-electron chi connectivity index (χ0n) is 15.9. The number of nitrogens with zero attached hydrogens (tertiary/aromatic N) is 1. The average molecular weight is 355 g/mol. The van der Waals surface area contributed by atoms with E-state index in [1.807, 2.05) is 30.7 Å². The van der Waals surface area contributed by atoms with Gasteiger partial charge in [0.15, 0.2) is 0 Å². The molecule has 0 aromatic rings. The van der Waals surface area contributed by atoms with Crippen LogP contribution in [0.3, 0.4) is 0 Å². The minimum Gasteiger partial charge on any atom is -0.385 e. The highest BCUT2D eigenvalue weighted by Crippen LogP contribution is 2.66. The summed E-state index contributed by atoms with van der Waals surface area (Å²) in [6, 6.07) is 0. The Morgan fingerprint density at radius 3 is 2.58 bits per heavy atom. The second kappa shape index (κ2) is 6.72. The highest BCUT2D eigenvalue weighted by atomic mass is 31.2. The molecular weight excluding hydrogens is 321 g/mol. The zero-order chi connectivity index (χ0) is 18.2. The third-order valence-electron chi connectivity index (χ3n) is 5.11. The summed E-state index contributed by atoms with van der Waals surface area (Å²) in [5, 5.41) is 11.3. The molecule has 24 heavy (non-hydrogen) atoms. The van der Waals surface area contributed by atoms with Crippen molar-refractivity contribution in [2.45, 2.75) is 89.1 Å². The molecule has 1 aliphatic heterocycles. The minimum atomic E-state index is -3.32. The lowest BCUT2D eigenvalue weighted by molar-refractivity contribution is 0.0144. The van der Waals surface area contributed by atoms with Crippen LogP contribution in [0.1, 0.15) is 66.7 Å². The largest absolute Gasteiger partial charge is 0.385 e. The molecule has 2 rings (SSSR count). The van der Waals surface area contributed by atoms with Gasteiger partial charge in [-0.15, -0.1) is 6.58 Å². The van der Waals surface area contributed by atoms with E-state index in [1.165, 1.54) is 0 Å². The van der Waals surface area contributed by atoms with Gasteiger partial charge in [0.2, 0.25) is 0 Å². The van der Waals surface area contributed by atoms with Crippen LogP contribution in [0.4, 0.5) is 0 Å². The van der Waals surface area contributed by atoms with Crippen molar-refractivity contribution < 1.29 is 14.2 Å². The van der Waals surface area contributed by atoms with E-state index in [1.54, 1.807) is 6.08 Å². The molecule has 0 aromatic heterocycles. The van der Waals surface area contributed by atoms with Gasteiger partial charge in [0, 0.05) is 12.1 Å². The molecule has 3 unspecified atom stereocenters. The van der Waals surface area contributed by atoms with Gasteiger partial charge in [-0.3, -0.25) is 4.57 Å². The lowest BCUT2D eigenvalue weighted by Gasteiger charge is -2.52. The minimum absolute atomic E-state index is 0.307. The standard InChI is InChI=1S/C19H34NO3P/c1-7-16(19(21)12-10-8-9-11-13-19)24(22)20(17(2,3)4)15-14-18(5,6)23-24/h7,10,12,16,21H,1,8-9,11,13-15H2,2-6H3. The predicted molar refractivity (Wildman–Crippen MR) is 100 cm³/mol. The topological polar surface area (TPSA) is 49.8 Å².